The summed E-state index contributed by atoms with van der Waals surface area (Å²) in [6, 6.07) is 10.9. The van der Waals surface area contributed by atoms with Gasteiger partial charge < -0.3 is 10.6 Å². The summed E-state index contributed by atoms with van der Waals surface area (Å²) in [6.07, 6.45) is 1.60. The predicted molar refractivity (Wildman–Crippen MR) is 89.1 cm³/mol. The van der Waals surface area contributed by atoms with Crippen LogP contribution in [0.5, 0.6) is 0 Å². The first-order chi connectivity index (χ1) is 10.1. The third-order valence-electron chi connectivity index (χ3n) is 2.80. The minimum Gasteiger partial charge on any atom is -0.343 e. The summed E-state index contributed by atoms with van der Waals surface area (Å²) < 4.78 is 0.841. The maximum atomic E-state index is 12.0. The van der Waals surface area contributed by atoms with Gasteiger partial charge in [-0.2, -0.15) is 0 Å². The van der Waals surface area contributed by atoms with E-state index in [0.29, 0.717) is 11.4 Å². The number of hydrogen-bond donors (Lipinski definition) is 2. The largest absolute Gasteiger partial charge is 0.343 e. The predicted octanol–water partition coefficient (Wildman–Crippen LogP) is 2.36. The molecule has 108 valence electrons. The normalized spacial score (nSPS) is 10.0. The molecule has 1 aromatic heterocycles. The molecule has 0 saturated heterocycles. The van der Waals surface area contributed by atoms with Gasteiger partial charge in [0.1, 0.15) is 5.82 Å². The van der Waals surface area contributed by atoms with Crippen molar-refractivity contribution in [2.45, 2.75) is 6.92 Å². The number of pyridine rings is 1. The van der Waals surface area contributed by atoms with Crippen molar-refractivity contribution in [2.75, 3.05) is 11.9 Å². The number of aromatic nitrogens is 1. The Kier molecular flexibility index (Phi) is 5.26. The lowest BCUT2D eigenvalue weighted by Gasteiger charge is -2.08. The number of amides is 2. The topological polar surface area (TPSA) is 71.1 Å². The highest BCUT2D eigenvalue weighted by molar-refractivity contribution is 14.1. The lowest BCUT2D eigenvalue weighted by Crippen LogP contribution is -2.33. The number of carbonyl (C=O) groups excluding carboxylic acids is 2. The molecule has 0 bridgehead atoms. The van der Waals surface area contributed by atoms with Crippen LogP contribution < -0.4 is 10.6 Å². The van der Waals surface area contributed by atoms with E-state index in [0.717, 1.165) is 9.13 Å². The maximum absolute atomic E-state index is 12.0. The summed E-state index contributed by atoms with van der Waals surface area (Å²) >= 11 is 2.08. The highest BCUT2D eigenvalue weighted by Crippen LogP contribution is 2.11. The average Bonchev–Trinajstić information content (AvgIpc) is 2.48. The molecule has 0 aliphatic heterocycles. The van der Waals surface area contributed by atoms with Crippen molar-refractivity contribution >= 4 is 40.2 Å². The van der Waals surface area contributed by atoms with E-state index in [2.05, 4.69) is 38.2 Å². The van der Waals surface area contributed by atoms with Crippen LogP contribution in [0.15, 0.2) is 42.6 Å². The zero-order chi connectivity index (χ0) is 15.2. The van der Waals surface area contributed by atoms with E-state index in [1.54, 1.807) is 24.4 Å². The monoisotopic (exact) mass is 395 g/mol. The van der Waals surface area contributed by atoms with Crippen molar-refractivity contribution in [1.82, 2.24) is 10.3 Å². The molecule has 2 aromatic rings. The van der Waals surface area contributed by atoms with Gasteiger partial charge in [-0.05, 0) is 53.3 Å². The second kappa shape index (κ2) is 7.16. The molecule has 0 fully saturated rings. The van der Waals surface area contributed by atoms with Crippen molar-refractivity contribution in [3.63, 3.8) is 0 Å². The highest BCUT2D eigenvalue weighted by Gasteiger charge is 2.11. The van der Waals surface area contributed by atoms with Gasteiger partial charge in [-0.1, -0.05) is 18.2 Å². The van der Waals surface area contributed by atoms with E-state index in [1.807, 2.05) is 25.1 Å². The molecule has 2 rings (SSSR count). The molecule has 2 amide bonds. The zero-order valence-corrected chi connectivity index (χ0v) is 13.5. The first-order valence-electron chi connectivity index (χ1n) is 6.32. The molecular formula is C15H14IN3O2. The van der Waals surface area contributed by atoms with Gasteiger partial charge in [0.2, 0.25) is 5.91 Å². The van der Waals surface area contributed by atoms with Crippen molar-refractivity contribution < 1.29 is 9.59 Å². The van der Waals surface area contributed by atoms with Gasteiger partial charge in [0.25, 0.3) is 5.91 Å². The number of rotatable bonds is 4. The van der Waals surface area contributed by atoms with Crippen molar-refractivity contribution in [2.24, 2.45) is 0 Å². The van der Waals surface area contributed by atoms with Crippen LogP contribution in [0.3, 0.4) is 0 Å². The average molecular weight is 395 g/mol. The third-order valence-corrected chi connectivity index (χ3v) is 3.74. The Balaban J connectivity index is 1.91. The Bertz CT molecular complexity index is 673. The lowest BCUT2D eigenvalue weighted by atomic mass is 10.2. The molecule has 0 aliphatic rings. The van der Waals surface area contributed by atoms with E-state index in [1.165, 1.54) is 0 Å². The molecule has 5 nitrogen and oxygen atoms in total. The molecule has 6 heteroatoms. The second-order valence-electron chi connectivity index (χ2n) is 4.38. The van der Waals surface area contributed by atoms with Gasteiger partial charge in [-0.3, -0.25) is 9.59 Å². The Labute approximate surface area is 136 Å². The molecular weight excluding hydrogens is 381 g/mol. The number of anilines is 1. The molecule has 21 heavy (non-hydrogen) atoms. The zero-order valence-electron chi connectivity index (χ0n) is 11.4. The third kappa shape index (κ3) is 4.25. The summed E-state index contributed by atoms with van der Waals surface area (Å²) in [6.45, 7) is 1.76. The van der Waals surface area contributed by atoms with Crippen LogP contribution in [-0.2, 0) is 4.79 Å². The summed E-state index contributed by atoms with van der Waals surface area (Å²) in [4.78, 5) is 27.9. The molecule has 0 atom stereocenters. The van der Waals surface area contributed by atoms with Crippen molar-refractivity contribution in [3.8, 4) is 0 Å². The fraction of sp³-hybridized carbons (Fsp3) is 0.133. The number of halogens is 1. The molecule has 1 aromatic carbocycles. The first kappa shape index (κ1) is 15.4. The number of aryl methyl sites for hydroxylation is 1. The number of nitrogens with one attached hydrogen (secondary N) is 2. The molecule has 0 saturated carbocycles. The fourth-order valence-electron chi connectivity index (χ4n) is 1.69. The number of hydrogen-bond acceptors (Lipinski definition) is 3. The molecule has 2 N–H and O–H groups in total. The second-order valence-corrected chi connectivity index (χ2v) is 5.54. The lowest BCUT2D eigenvalue weighted by molar-refractivity contribution is -0.115. The summed E-state index contributed by atoms with van der Waals surface area (Å²) in [5.74, 6) is -0.0741. The molecule has 0 radical (unpaired) electrons. The summed E-state index contributed by atoms with van der Waals surface area (Å²) in [5.41, 5.74) is 1.43. The number of nitrogens with zero attached hydrogens (tertiary/aromatic N) is 1. The van der Waals surface area contributed by atoms with E-state index >= 15 is 0 Å². The van der Waals surface area contributed by atoms with Gasteiger partial charge in [0, 0.05) is 9.77 Å². The van der Waals surface area contributed by atoms with Gasteiger partial charge in [0.05, 0.1) is 12.1 Å². The van der Waals surface area contributed by atoms with Crippen LogP contribution in [0.4, 0.5) is 5.82 Å². The van der Waals surface area contributed by atoms with Crippen LogP contribution in [0.25, 0.3) is 0 Å². The van der Waals surface area contributed by atoms with Crippen molar-refractivity contribution in [1.29, 1.82) is 0 Å². The minimum atomic E-state index is -0.309. The van der Waals surface area contributed by atoms with Crippen LogP contribution >= 0.6 is 22.6 Å². The molecule has 0 spiro atoms. The molecule has 1 heterocycles. The molecule has 0 unspecified atom stereocenters. The van der Waals surface area contributed by atoms with Gasteiger partial charge in [-0.15, -0.1) is 0 Å². The Hall–Kier alpha value is -1.96. The van der Waals surface area contributed by atoms with E-state index in [9.17, 15) is 9.59 Å². The van der Waals surface area contributed by atoms with Crippen molar-refractivity contribution in [3.05, 3.63) is 57.3 Å². The Morgan fingerprint density at radius 3 is 2.67 bits per heavy atom. The molecule has 0 aliphatic carbocycles. The Morgan fingerprint density at radius 2 is 1.95 bits per heavy atom. The number of benzene rings is 1. The van der Waals surface area contributed by atoms with E-state index in [4.69, 9.17) is 0 Å². The van der Waals surface area contributed by atoms with Gasteiger partial charge >= 0.3 is 0 Å². The smallest absolute Gasteiger partial charge is 0.252 e. The van der Waals surface area contributed by atoms with Gasteiger partial charge in [0.15, 0.2) is 0 Å². The summed E-state index contributed by atoms with van der Waals surface area (Å²) in [5, 5.41) is 5.26. The summed E-state index contributed by atoms with van der Waals surface area (Å²) in [7, 11) is 0. The SMILES string of the molecule is Cc1cccnc1NC(=O)CNC(=O)c1ccccc1I. The van der Waals surface area contributed by atoms with E-state index in [-0.39, 0.29) is 18.4 Å². The highest BCUT2D eigenvalue weighted by atomic mass is 127. The first-order valence-corrected chi connectivity index (χ1v) is 7.40. The minimum absolute atomic E-state index is 0.0974. The van der Waals surface area contributed by atoms with Crippen LogP contribution in [0.2, 0.25) is 0 Å². The van der Waals surface area contributed by atoms with Crippen LogP contribution in [0.1, 0.15) is 15.9 Å². The number of carbonyl (C=O) groups is 2. The maximum Gasteiger partial charge on any atom is 0.252 e. The quantitative estimate of drug-likeness (QED) is 0.781. The van der Waals surface area contributed by atoms with E-state index < -0.39 is 0 Å². The Morgan fingerprint density at radius 1 is 1.19 bits per heavy atom. The van der Waals surface area contributed by atoms with Crippen LogP contribution in [-0.4, -0.2) is 23.3 Å². The van der Waals surface area contributed by atoms with Gasteiger partial charge in [-0.25, -0.2) is 4.98 Å². The fourth-order valence-corrected chi connectivity index (χ4v) is 2.33. The van der Waals surface area contributed by atoms with Crippen LogP contribution in [0, 0.1) is 10.5 Å². The standard InChI is InChI=1S/C15H14IN3O2/c1-10-5-4-8-17-14(10)19-13(20)9-18-15(21)11-6-2-3-7-12(11)16/h2-8H,9H2,1H3,(H,18,21)(H,17,19,20).